The van der Waals surface area contributed by atoms with Crippen LogP contribution in [-0.2, 0) is 9.84 Å². The molecule has 0 bridgehead atoms. The van der Waals surface area contributed by atoms with Gasteiger partial charge in [-0.25, -0.2) is 8.42 Å². The molecular formula is C15H23BrN2O2S. The minimum Gasteiger partial charge on any atom is -0.369 e. The van der Waals surface area contributed by atoms with Gasteiger partial charge in [0.1, 0.15) is 0 Å². The molecule has 0 N–H and O–H groups in total. The van der Waals surface area contributed by atoms with Crippen molar-refractivity contribution in [3.63, 3.8) is 0 Å². The Kier molecular flexibility index (Phi) is 6.08. The zero-order valence-electron chi connectivity index (χ0n) is 12.5. The predicted octanol–water partition coefficient (Wildman–Crippen LogP) is 2.39. The van der Waals surface area contributed by atoms with Gasteiger partial charge in [0, 0.05) is 31.5 Å². The molecule has 0 aromatic heterocycles. The first-order valence-corrected chi connectivity index (χ1v) is 10.2. The molecule has 0 amide bonds. The molecule has 0 radical (unpaired) electrons. The summed E-state index contributed by atoms with van der Waals surface area (Å²) in [5.74, 6) is 0.146. The van der Waals surface area contributed by atoms with Crippen LogP contribution in [0.15, 0.2) is 29.2 Å². The van der Waals surface area contributed by atoms with E-state index in [1.807, 2.05) is 12.1 Å². The fourth-order valence-electron chi connectivity index (χ4n) is 2.69. The standard InChI is InChI=1S/C15H23BrN2O2S/c1-2-21(19,20)15-7-4-3-6-14(15)18-10-5-9-17(11-8-16)12-13-18/h3-4,6-7H,2,5,8-13H2,1H3. The second-order valence-electron chi connectivity index (χ2n) is 5.24. The molecule has 1 aliphatic heterocycles. The lowest BCUT2D eigenvalue weighted by molar-refractivity contribution is 0.313. The number of hydrogen-bond donors (Lipinski definition) is 0. The molecule has 0 unspecified atom stereocenters. The van der Waals surface area contributed by atoms with Crippen LogP contribution in [0.3, 0.4) is 0 Å². The van der Waals surface area contributed by atoms with Crippen LogP contribution in [-0.4, -0.2) is 57.1 Å². The van der Waals surface area contributed by atoms with E-state index in [1.54, 1.807) is 19.1 Å². The Balaban J connectivity index is 2.23. The van der Waals surface area contributed by atoms with Crippen molar-refractivity contribution in [1.82, 2.24) is 4.90 Å². The van der Waals surface area contributed by atoms with Crippen molar-refractivity contribution in [3.05, 3.63) is 24.3 Å². The van der Waals surface area contributed by atoms with Gasteiger partial charge in [-0.05, 0) is 25.1 Å². The molecule has 0 atom stereocenters. The van der Waals surface area contributed by atoms with E-state index < -0.39 is 9.84 Å². The smallest absolute Gasteiger partial charge is 0.180 e. The number of anilines is 1. The fraction of sp³-hybridized carbons (Fsp3) is 0.600. The van der Waals surface area contributed by atoms with E-state index in [9.17, 15) is 8.42 Å². The van der Waals surface area contributed by atoms with Crippen LogP contribution in [0.25, 0.3) is 0 Å². The van der Waals surface area contributed by atoms with Gasteiger partial charge in [-0.3, -0.25) is 0 Å². The summed E-state index contributed by atoms with van der Waals surface area (Å²) >= 11 is 3.48. The first-order valence-electron chi connectivity index (χ1n) is 7.43. The van der Waals surface area contributed by atoms with Gasteiger partial charge in [0.2, 0.25) is 0 Å². The second kappa shape index (κ2) is 7.61. The lowest BCUT2D eigenvalue weighted by Crippen LogP contribution is -2.32. The van der Waals surface area contributed by atoms with Crippen molar-refractivity contribution in [1.29, 1.82) is 0 Å². The summed E-state index contributed by atoms with van der Waals surface area (Å²) < 4.78 is 24.5. The Bertz CT molecular complexity index is 563. The van der Waals surface area contributed by atoms with Crippen molar-refractivity contribution in [2.24, 2.45) is 0 Å². The normalized spacial score (nSPS) is 17.7. The molecule has 0 saturated carbocycles. The van der Waals surface area contributed by atoms with E-state index in [-0.39, 0.29) is 5.75 Å². The summed E-state index contributed by atoms with van der Waals surface area (Å²) in [7, 11) is -3.18. The summed E-state index contributed by atoms with van der Waals surface area (Å²) in [5.41, 5.74) is 0.861. The molecule has 0 aliphatic carbocycles. The van der Waals surface area contributed by atoms with Crippen molar-refractivity contribution in [2.45, 2.75) is 18.2 Å². The zero-order chi connectivity index (χ0) is 15.3. The zero-order valence-corrected chi connectivity index (χ0v) is 14.9. The molecule has 1 aromatic carbocycles. The van der Waals surface area contributed by atoms with E-state index in [4.69, 9.17) is 0 Å². The Hall–Kier alpha value is -0.590. The third kappa shape index (κ3) is 4.20. The number of nitrogens with zero attached hydrogens (tertiary/aromatic N) is 2. The summed E-state index contributed by atoms with van der Waals surface area (Å²) in [6, 6.07) is 7.39. The molecule has 118 valence electrons. The molecule has 1 fully saturated rings. The molecule has 1 aromatic rings. The summed E-state index contributed by atoms with van der Waals surface area (Å²) in [4.78, 5) is 5.11. The Morgan fingerprint density at radius 1 is 1.14 bits per heavy atom. The van der Waals surface area contributed by atoms with Crippen LogP contribution >= 0.6 is 15.9 Å². The van der Waals surface area contributed by atoms with Gasteiger partial charge in [-0.2, -0.15) is 0 Å². The fourth-order valence-corrected chi connectivity index (χ4v) is 4.31. The van der Waals surface area contributed by atoms with Crippen LogP contribution in [0.2, 0.25) is 0 Å². The minimum absolute atomic E-state index is 0.146. The van der Waals surface area contributed by atoms with Crippen LogP contribution in [0.4, 0.5) is 5.69 Å². The lowest BCUT2D eigenvalue weighted by Gasteiger charge is -2.25. The average Bonchev–Trinajstić information content (AvgIpc) is 2.73. The molecule has 6 heteroatoms. The van der Waals surface area contributed by atoms with Gasteiger partial charge in [-0.15, -0.1) is 0 Å². The third-order valence-corrected chi connectivity index (χ3v) is 6.04. The molecule has 21 heavy (non-hydrogen) atoms. The number of benzene rings is 1. The van der Waals surface area contributed by atoms with E-state index >= 15 is 0 Å². The van der Waals surface area contributed by atoms with Crippen molar-refractivity contribution in [2.75, 3.05) is 48.7 Å². The lowest BCUT2D eigenvalue weighted by atomic mass is 10.2. The number of halogens is 1. The van der Waals surface area contributed by atoms with Crippen LogP contribution in [0.1, 0.15) is 13.3 Å². The van der Waals surface area contributed by atoms with Crippen LogP contribution < -0.4 is 4.90 Å². The van der Waals surface area contributed by atoms with Crippen molar-refractivity contribution >= 4 is 31.5 Å². The molecule has 1 aliphatic rings. The maximum atomic E-state index is 12.3. The Morgan fingerprint density at radius 3 is 2.62 bits per heavy atom. The number of rotatable bonds is 5. The van der Waals surface area contributed by atoms with E-state index in [0.717, 1.165) is 50.2 Å². The van der Waals surface area contributed by atoms with E-state index in [1.165, 1.54) is 0 Å². The molecule has 1 heterocycles. The van der Waals surface area contributed by atoms with Crippen LogP contribution in [0.5, 0.6) is 0 Å². The number of para-hydroxylation sites is 1. The third-order valence-electron chi connectivity index (χ3n) is 3.91. The monoisotopic (exact) mass is 374 g/mol. The van der Waals surface area contributed by atoms with Gasteiger partial charge >= 0.3 is 0 Å². The summed E-state index contributed by atoms with van der Waals surface area (Å²) in [6.07, 6.45) is 1.06. The maximum absolute atomic E-state index is 12.3. The molecule has 4 nitrogen and oxygen atoms in total. The maximum Gasteiger partial charge on any atom is 0.180 e. The first-order chi connectivity index (χ1) is 10.1. The SMILES string of the molecule is CCS(=O)(=O)c1ccccc1N1CCCN(CCBr)CC1. The van der Waals surface area contributed by atoms with Gasteiger partial charge in [0.05, 0.1) is 16.3 Å². The highest BCUT2D eigenvalue weighted by Crippen LogP contribution is 2.26. The summed E-state index contributed by atoms with van der Waals surface area (Å²) in [6.45, 7) is 6.59. The average molecular weight is 375 g/mol. The van der Waals surface area contributed by atoms with Crippen molar-refractivity contribution in [3.8, 4) is 0 Å². The quantitative estimate of drug-likeness (QED) is 0.741. The van der Waals surface area contributed by atoms with E-state index in [2.05, 4.69) is 25.7 Å². The molecule has 1 saturated heterocycles. The van der Waals surface area contributed by atoms with Crippen molar-refractivity contribution < 1.29 is 8.42 Å². The van der Waals surface area contributed by atoms with Crippen LogP contribution in [0, 0.1) is 0 Å². The highest BCUT2D eigenvalue weighted by atomic mass is 79.9. The molecule has 0 spiro atoms. The Labute approximate surface area is 136 Å². The molecular weight excluding hydrogens is 352 g/mol. The summed E-state index contributed by atoms with van der Waals surface area (Å²) in [5, 5.41) is 0.980. The number of alkyl halides is 1. The van der Waals surface area contributed by atoms with E-state index in [0.29, 0.717) is 4.90 Å². The minimum atomic E-state index is -3.18. The van der Waals surface area contributed by atoms with Gasteiger partial charge < -0.3 is 9.80 Å². The molecule has 2 rings (SSSR count). The highest BCUT2D eigenvalue weighted by molar-refractivity contribution is 9.09. The first kappa shape index (κ1) is 16.8. The Morgan fingerprint density at radius 2 is 1.90 bits per heavy atom. The largest absolute Gasteiger partial charge is 0.369 e. The number of hydrogen-bond acceptors (Lipinski definition) is 4. The van der Waals surface area contributed by atoms with Gasteiger partial charge in [0.15, 0.2) is 9.84 Å². The predicted molar refractivity (Wildman–Crippen MR) is 91.2 cm³/mol. The topological polar surface area (TPSA) is 40.6 Å². The number of sulfone groups is 1. The van der Waals surface area contributed by atoms with Gasteiger partial charge in [-0.1, -0.05) is 35.0 Å². The second-order valence-corrected chi connectivity index (χ2v) is 8.28. The highest BCUT2D eigenvalue weighted by Gasteiger charge is 2.22. The van der Waals surface area contributed by atoms with Gasteiger partial charge in [0.25, 0.3) is 0 Å².